The largest absolute Gasteiger partial charge is 0.392 e. The summed E-state index contributed by atoms with van der Waals surface area (Å²) in [4.78, 5) is 27.6. The Bertz CT molecular complexity index is 821. The van der Waals surface area contributed by atoms with Crippen LogP contribution in [0, 0.1) is 0 Å². The molecule has 0 radical (unpaired) electrons. The van der Waals surface area contributed by atoms with Crippen LogP contribution in [0.25, 0.3) is 0 Å². The van der Waals surface area contributed by atoms with Gasteiger partial charge >= 0.3 is 0 Å². The maximum absolute atomic E-state index is 12.9. The van der Waals surface area contributed by atoms with Crippen LogP contribution in [0.5, 0.6) is 0 Å². The molecule has 3 N–H and O–H groups in total. The molecule has 1 atom stereocenters. The standard InChI is InChI=1S/C18H21N5O2/c19-17-21-9-13-2-5-18(15(13)22-17)4-1-7-23(11-18)16(25)14-8-12(10-24)3-6-20-14/h3,6,8-9,24H,1-2,4-5,7,10-11H2,(H2,19,21,22). The second-order valence-corrected chi connectivity index (χ2v) is 6.92. The van der Waals surface area contributed by atoms with Crippen molar-refractivity contribution in [1.29, 1.82) is 0 Å². The third-order valence-corrected chi connectivity index (χ3v) is 5.35. The number of carbonyl (C=O) groups excluding carboxylic acids is 1. The van der Waals surface area contributed by atoms with E-state index in [1.807, 2.05) is 11.1 Å². The second-order valence-electron chi connectivity index (χ2n) is 6.92. The molecular weight excluding hydrogens is 318 g/mol. The number of likely N-dealkylation sites (tertiary alicyclic amines) is 1. The van der Waals surface area contributed by atoms with E-state index in [1.54, 1.807) is 18.3 Å². The van der Waals surface area contributed by atoms with Gasteiger partial charge in [-0.05, 0) is 48.9 Å². The lowest BCUT2D eigenvalue weighted by atomic mass is 9.77. The van der Waals surface area contributed by atoms with Crippen molar-refractivity contribution in [3.63, 3.8) is 0 Å². The maximum atomic E-state index is 12.9. The molecule has 1 spiro atoms. The van der Waals surface area contributed by atoms with E-state index in [1.165, 1.54) is 0 Å². The average Bonchev–Trinajstić information content (AvgIpc) is 2.98. The van der Waals surface area contributed by atoms with E-state index in [-0.39, 0.29) is 17.9 Å². The molecule has 4 rings (SSSR count). The molecular formula is C18H21N5O2. The van der Waals surface area contributed by atoms with E-state index in [0.717, 1.165) is 36.9 Å². The van der Waals surface area contributed by atoms with Gasteiger partial charge in [-0.25, -0.2) is 9.97 Å². The van der Waals surface area contributed by atoms with E-state index >= 15 is 0 Å². The molecule has 1 aliphatic heterocycles. The molecule has 2 aromatic heterocycles. The van der Waals surface area contributed by atoms with Gasteiger partial charge in [0, 0.05) is 30.9 Å². The first-order valence-corrected chi connectivity index (χ1v) is 8.58. The van der Waals surface area contributed by atoms with Crippen LogP contribution < -0.4 is 5.73 Å². The van der Waals surface area contributed by atoms with Crippen LogP contribution in [-0.4, -0.2) is 44.0 Å². The van der Waals surface area contributed by atoms with Crippen LogP contribution in [-0.2, 0) is 18.4 Å². The third-order valence-electron chi connectivity index (χ3n) is 5.35. The van der Waals surface area contributed by atoms with Crippen molar-refractivity contribution in [2.24, 2.45) is 0 Å². The Kier molecular flexibility index (Phi) is 3.88. The van der Waals surface area contributed by atoms with Gasteiger partial charge in [-0.15, -0.1) is 0 Å². The number of aliphatic hydroxyl groups excluding tert-OH is 1. The lowest BCUT2D eigenvalue weighted by molar-refractivity contribution is 0.0627. The Balaban J connectivity index is 1.62. The van der Waals surface area contributed by atoms with Gasteiger partial charge in [0.25, 0.3) is 5.91 Å². The van der Waals surface area contributed by atoms with Crippen molar-refractivity contribution < 1.29 is 9.90 Å². The summed E-state index contributed by atoms with van der Waals surface area (Å²) in [5, 5.41) is 9.28. The van der Waals surface area contributed by atoms with Gasteiger partial charge in [0.2, 0.25) is 5.95 Å². The minimum absolute atomic E-state index is 0.0927. The van der Waals surface area contributed by atoms with Gasteiger partial charge in [-0.1, -0.05) is 0 Å². The fourth-order valence-corrected chi connectivity index (χ4v) is 4.11. The minimum Gasteiger partial charge on any atom is -0.392 e. The number of nitrogens with two attached hydrogens (primary N) is 1. The Morgan fingerprint density at radius 3 is 3.08 bits per heavy atom. The smallest absolute Gasteiger partial charge is 0.272 e. The lowest BCUT2D eigenvalue weighted by Crippen LogP contribution is -2.48. The third kappa shape index (κ3) is 2.74. The highest BCUT2D eigenvalue weighted by Gasteiger charge is 2.44. The molecule has 1 unspecified atom stereocenters. The Labute approximate surface area is 145 Å². The molecule has 7 nitrogen and oxygen atoms in total. The summed E-state index contributed by atoms with van der Waals surface area (Å²) < 4.78 is 0. The molecule has 2 aliphatic rings. The number of fused-ring (bicyclic) bond motifs is 2. The van der Waals surface area contributed by atoms with Crippen LogP contribution in [0.15, 0.2) is 24.5 Å². The first-order valence-electron chi connectivity index (χ1n) is 8.58. The second kappa shape index (κ2) is 6.07. The van der Waals surface area contributed by atoms with Gasteiger partial charge in [0.15, 0.2) is 0 Å². The molecule has 0 saturated carbocycles. The summed E-state index contributed by atoms with van der Waals surface area (Å²) in [5.74, 6) is 0.200. The molecule has 3 heterocycles. The molecule has 1 saturated heterocycles. The monoisotopic (exact) mass is 339 g/mol. The molecule has 1 amide bonds. The first kappa shape index (κ1) is 16.0. The summed E-state index contributed by atoms with van der Waals surface area (Å²) in [6.07, 6.45) is 7.21. The predicted molar refractivity (Wildman–Crippen MR) is 91.7 cm³/mol. The lowest BCUT2D eigenvalue weighted by Gasteiger charge is -2.40. The van der Waals surface area contributed by atoms with E-state index < -0.39 is 0 Å². The van der Waals surface area contributed by atoms with Gasteiger partial charge in [0.1, 0.15) is 5.69 Å². The molecule has 130 valence electrons. The molecule has 7 heteroatoms. The zero-order chi connectivity index (χ0) is 17.4. The van der Waals surface area contributed by atoms with E-state index in [2.05, 4.69) is 15.0 Å². The first-order chi connectivity index (χ1) is 12.1. The zero-order valence-corrected chi connectivity index (χ0v) is 14.0. The fourth-order valence-electron chi connectivity index (χ4n) is 4.11. The molecule has 25 heavy (non-hydrogen) atoms. The Morgan fingerprint density at radius 2 is 2.24 bits per heavy atom. The van der Waals surface area contributed by atoms with Gasteiger partial charge < -0.3 is 15.7 Å². The maximum Gasteiger partial charge on any atom is 0.272 e. The van der Waals surface area contributed by atoms with Crippen LogP contribution in [0.3, 0.4) is 0 Å². The summed E-state index contributed by atoms with van der Waals surface area (Å²) in [7, 11) is 0. The number of nitrogen functional groups attached to an aromatic ring is 1. The summed E-state index contributed by atoms with van der Waals surface area (Å²) in [6.45, 7) is 1.23. The Hall–Kier alpha value is -2.54. The number of aryl methyl sites for hydroxylation is 1. The van der Waals surface area contributed by atoms with E-state index in [9.17, 15) is 9.90 Å². The van der Waals surface area contributed by atoms with Crippen molar-refractivity contribution in [3.05, 3.63) is 47.0 Å². The van der Waals surface area contributed by atoms with Crippen molar-refractivity contribution >= 4 is 11.9 Å². The Morgan fingerprint density at radius 1 is 1.36 bits per heavy atom. The molecule has 2 aromatic rings. The number of hydrogen-bond donors (Lipinski definition) is 2. The molecule has 0 aromatic carbocycles. The number of pyridine rings is 1. The van der Waals surface area contributed by atoms with E-state index in [0.29, 0.717) is 30.3 Å². The van der Waals surface area contributed by atoms with Crippen molar-refractivity contribution in [2.45, 2.75) is 37.7 Å². The van der Waals surface area contributed by atoms with Gasteiger partial charge in [0.05, 0.1) is 12.3 Å². The van der Waals surface area contributed by atoms with Crippen molar-refractivity contribution in [1.82, 2.24) is 19.9 Å². The van der Waals surface area contributed by atoms with Gasteiger partial charge in [-0.2, -0.15) is 0 Å². The molecule has 1 fully saturated rings. The summed E-state index contributed by atoms with van der Waals surface area (Å²) in [5.41, 5.74) is 8.89. The number of piperidine rings is 1. The number of rotatable bonds is 2. The van der Waals surface area contributed by atoms with Crippen LogP contribution >= 0.6 is 0 Å². The SMILES string of the molecule is Nc1ncc2c(n1)C1(CCCN(C(=O)c3cc(CO)ccn3)C1)CC2. The number of amides is 1. The van der Waals surface area contributed by atoms with Crippen LogP contribution in [0.4, 0.5) is 5.95 Å². The highest BCUT2D eigenvalue weighted by Crippen LogP contribution is 2.44. The predicted octanol–water partition coefficient (Wildman–Crippen LogP) is 1.07. The quantitative estimate of drug-likeness (QED) is 0.848. The fraction of sp³-hybridized carbons (Fsp3) is 0.444. The summed E-state index contributed by atoms with van der Waals surface area (Å²) in [6, 6.07) is 3.37. The normalized spacial score (nSPS) is 22.2. The van der Waals surface area contributed by atoms with E-state index in [4.69, 9.17) is 5.73 Å². The molecule has 0 bridgehead atoms. The number of nitrogens with zero attached hydrogens (tertiary/aromatic N) is 4. The number of aliphatic hydroxyl groups is 1. The minimum atomic E-state index is -0.130. The number of hydrogen-bond acceptors (Lipinski definition) is 6. The van der Waals surface area contributed by atoms with Crippen molar-refractivity contribution in [3.8, 4) is 0 Å². The number of carbonyl (C=O) groups is 1. The zero-order valence-electron chi connectivity index (χ0n) is 14.0. The highest BCUT2D eigenvalue weighted by atomic mass is 16.3. The average molecular weight is 339 g/mol. The topological polar surface area (TPSA) is 105 Å². The number of anilines is 1. The number of aromatic nitrogens is 3. The highest BCUT2D eigenvalue weighted by molar-refractivity contribution is 5.92. The van der Waals surface area contributed by atoms with Gasteiger partial charge in [-0.3, -0.25) is 9.78 Å². The van der Waals surface area contributed by atoms with Crippen LogP contribution in [0.1, 0.15) is 46.6 Å². The van der Waals surface area contributed by atoms with Crippen molar-refractivity contribution in [2.75, 3.05) is 18.8 Å². The van der Waals surface area contributed by atoms with Crippen LogP contribution in [0.2, 0.25) is 0 Å². The molecule has 1 aliphatic carbocycles. The summed E-state index contributed by atoms with van der Waals surface area (Å²) >= 11 is 0.